The summed E-state index contributed by atoms with van der Waals surface area (Å²) in [5.74, 6) is 0.800. The summed E-state index contributed by atoms with van der Waals surface area (Å²) in [7, 11) is 0. The van der Waals surface area contributed by atoms with Crippen molar-refractivity contribution in [3.05, 3.63) is 0 Å². The van der Waals surface area contributed by atoms with E-state index in [2.05, 4.69) is 0 Å². The maximum Gasteiger partial charge on any atom is 0.226 e. The first-order valence-corrected chi connectivity index (χ1v) is 5.42. The third-order valence-electron chi connectivity index (χ3n) is 3.29. The van der Waals surface area contributed by atoms with Gasteiger partial charge in [0.1, 0.15) is 0 Å². The highest BCUT2D eigenvalue weighted by Gasteiger charge is 2.38. The molecule has 3 heteroatoms. The predicted octanol–water partition coefficient (Wildman–Crippen LogP) is 1.22. The van der Waals surface area contributed by atoms with Crippen LogP contribution in [0.2, 0.25) is 0 Å². The van der Waals surface area contributed by atoms with Crippen LogP contribution in [0.3, 0.4) is 0 Å². The third kappa shape index (κ3) is 1.68. The molecule has 1 aliphatic heterocycles. The highest BCUT2D eigenvalue weighted by molar-refractivity contribution is 5.90. The molecule has 0 aromatic carbocycles. The first kappa shape index (κ1) is 9.69. The van der Waals surface area contributed by atoms with E-state index < -0.39 is 0 Å². The maximum absolute atomic E-state index is 11.7. The van der Waals surface area contributed by atoms with E-state index in [1.165, 1.54) is 0 Å². The number of ketones is 1. The summed E-state index contributed by atoms with van der Waals surface area (Å²) in [5.41, 5.74) is 0. The Balaban J connectivity index is 1.96. The van der Waals surface area contributed by atoms with Crippen molar-refractivity contribution in [3.8, 4) is 0 Å². The molecule has 0 aromatic rings. The van der Waals surface area contributed by atoms with Gasteiger partial charge < -0.3 is 4.90 Å². The lowest BCUT2D eigenvalue weighted by molar-refractivity contribution is -0.135. The monoisotopic (exact) mass is 195 g/mol. The van der Waals surface area contributed by atoms with Gasteiger partial charge in [-0.25, -0.2) is 0 Å². The van der Waals surface area contributed by atoms with Crippen LogP contribution in [0.1, 0.15) is 33.1 Å². The quantitative estimate of drug-likeness (QED) is 0.679. The summed E-state index contributed by atoms with van der Waals surface area (Å²) < 4.78 is 0. The summed E-state index contributed by atoms with van der Waals surface area (Å²) in [4.78, 5) is 25.0. The van der Waals surface area contributed by atoms with Gasteiger partial charge in [-0.2, -0.15) is 0 Å². The number of hydrogen-bond acceptors (Lipinski definition) is 2. The Morgan fingerprint density at radius 3 is 2.50 bits per heavy atom. The molecule has 14 heavy (non-hydrogen) atoms. The average Bonchev–Trinajstić information content (AvgIpc) is 2.91. The number of carbonyl (C=O) groups is 2. The van der Waals surface area contributed by atoms with Crippen LogP contribution in [0.15, 0.2) is 0 Å². The second kappa shape index (κ2) is 3.37. The van der Waals surface area contributed by atoms with E-state index in [4.69, 9.17) is 0 Å². The van der Waals surface area contributed by atoms with Gasteiger partial charge >= 0.3 is 0 Å². The molecule has 2 unspecified atom stereocenters. The number of hydrogen-bond donors (Lipinski definition) is 0. The minimum Gasteiger partial charge on any atom is -0.332 e. The number of nitrogens with zero attached hydrogens (tertiary/aromatic N) is 1. The van der Waals surface area contributed by atoms with Gasteiger partial charge in [-0.1, -0.05) is 6.92 Å². The molecule has 2 aliphatic rings. The standard InChI is InChI=1S/C11H17NO2/c1-7-5-8(2)12(11(7)14)6-10(13)9-3-4-9/h7-9H,3-6H2,1-2H3. The molecule has 1 amide bonds. The number of likely N-dealkylation sites (tertiary alicyclic amines) is 1. The van der Waals surface area contributed by atoms with Crippen molar-refractivity contribution in [1.82, 2.24) is 4.90 Å². The zero-order valence-electron chi connectivity index (χ0n) is 8.82. The van der Waals surface area contributed by atoms with Gasteiger partial charge in [-0.05, 0) is 26.2 Å². The van der Waals surface area contributed by atoms with Crippen LogP contribution in [0.5, 0.6) is 0 Å². The fourth-order valence-electron chi connectivity index (χ4n) is 2.18. The smallest absolute Gasteiger partial charge is 0.226 e. The summed E-state index contributed by atoms with van der Waals surface area (Å²) in [6.45, 7) is 4.33. The van der Waals surface area contributed by atoms with Crippen molar-refractivity contribution in [2.24, 2.45) is 11.8 Å². The maximum atomic E-state index is 11.7. The number of rotatable bonds is 3. The lowest BCUT2D eigenvalue weighted by atomic mass is 10.1. The average molecular weight is 195 g/mol. The van der Waals surface area contributed by atoms with Crippen LogP contribution in [-0.4, -0.2) is 29.2 Å². The third-order valence-corrected chi connectivity index (χ3v) is 3.29. The summed E-state index contributed by atoms with van der Waals surface area (Å²) in [5, 5.41) is 0. The van der Waals surface area contributed by atoms with Gasteiger partial charge in [0, 0.05) is 17.9 Å². The van der Waals surface area contributed by atoms with Gasteiger partial charge in [0.25, 0.3) is 0 Å². The van der Waals surface area contributed by atoms with Crippen LogP contribution in [0, 0.1) is 11.8 Å². The van der Waals surface area contributed by atoms with Gasteiger partial charge in [-0.3, -0.25) is 9.59 Å². The zero-order valence-corrected chi connectivity index (χ0v) is 8.82. The van der Waals surface area contributed by atoms with E-state index in [-0.39, 0.29) is 29.6 Å². The van der Waals surface area contributed by atoms with Crippen LogP contribution in [0.4, 0.5) is 0 Å². The molecule has 2 fully saturated rings. The molecule has 1 aliphatic carbocycles. The largest absolute Gasteiger partial charge is 0.332 e. The van der Waals surface area contributed by atoms with Crippen molar-refractivity contribution < 1.29 is 9.59 Å². The van der Waals surface area contributed by atoms with E-state index in [0.29, 0.717) is 6.54 Å². The van der Waals surface area contributed by atoms with Crippen LogP contribution in [-0.2, 0) is 9.59 Å². The van der Waals surface area contributed by atoms with E-state index >= 15 is 0 Å². The Bertz CT molecular complexity index is 270. The van der Waals surface area contributed by atoms with Crippen molar-refractivity contribution >= 4 is 11.7 Å². The minimum absolute atomic E-state index is 0.108. The molecule has 1 saturated carbocycles. The van der Waals surface area contributed by atoms with E-state index in [1.54, 1.807) is 4.90 Å². The van der Waals surface area contributed by atoms with Gasteiger partial charge in [0.05, 0.1) is 6.54 Å². The highest BCUT2D eigenvalue weighted by atomic mass is 16.2. The van der Waals surface area contributed by atoms with E-state index in [0.717, 1.165) is 19.3 Å². The summed E-state index contributed by atoms with van der Waals surface area (Å²) in [6, 6.07) is 0.250. The number of Topliss-reactive ketones (excluding diaryl/α,β-unsaturated/α-hetero) is 1. The molecular formula is C11H17NO2. The van der Waals surface area contributed by atoms with Crippen LogP contribution >= 0.6 is 0 Å². The van der Waals surface area contributed by atoms with E-state index in [1.807, 2.05) is 13.8 Å². The molecule has 0 N–H and O–H groups in total. The van der Waals surface area contributed by atoms with Crippen molar-refractivity contribution in [2.45, 2.75) is 39.2 Å². The van der Waals surface area contributed by atoms with Crippen LogP contribution in [0.25, 0.3) is 0 Å². The topological polar surface area (TPSA) is 37.4 Å². The fraction of sp³-hybridized carbons (Fsp3) is 0.818. The first-order chi connectivity index (χ1) is 6.59. The van der Waals surface area contributed by atoms with Gasteiger partial charge in [0.2, 0.25) is 5.91 Å². The van der Waals surface area contributed by atoms with E-state index in [9.17, 15) is 9.59 Å². The fourth-order valence-corrected chi connectivity index (χ4v) is 2.18. The summed E-state index contributed by atoms with van der Waals surface area (Å²) in [6.07, 6.45) is 2.96. The molecule has 0 radical (unpaired) electrons. The molecule has 0 bridgehead atoms. The lowest BCUT2D eigenvalue weighted by Gasteiger charge is -2.20. The minimum atomic E-state index is 0.108. The van der Waals surface area contributed by atoms with Gasteiger partial charge in [-0.15, -0.1) is 0 Å². The molecule has 3 nitrogen and oxygen atoms in total. The van der Waals surface area contributed by atoms with Crippen molar-refractivity contribution in [1.29, 1.82) is 0 Å². The Hall–Kier alpha value is -0.860. The number of amides is 1. The van der Waals surface area contributed by atoms with Crippen molar-refractivity contribution in [3.63, 3.8) is 0 Å². The molecule has 2 rings (SSSR count). The zero-order chi connectivity index (χ0) is 10.3. The summed E-state index contributed by atoms with van der Waals surface area (Å²) >= 11 is 0. The Morgan fingerprint density at radius 1 is 1.43 bits per heavy atom. The Labute approximate surface area is 84.5 Å². The molecule has 2 atom stereocenters. The molecule has 1 saturated heterocycles. The molecule has 0 aromatic heterocycles. The first-order valence-electron chi connectivity index (χ1n) is 5.42. The second-order valence-electron chi connectivity index (χ2n) is 4.69. The Kier molecular flexibility index (Phi) is 2.33. The van der Waals surface area contributed by atoms with Crippen molar-refractivity contribution in [2.75, 3.05) is 6.54 Å². The van der Waals surface area contributed by atoms with Gasteiger partial charge in [0.15, 0.2) is 5.78 Å². The highest BCUT2D eigenvalue weighted by Crippen LogP contribution is 2.31. The van der Waals surface area contributed by atoms with Crippen LogP contribution < -0.4 is 0 Å². The SMILES string of the molecule is CC1CC(C)N(CC(=O)C2CC2)C1=O. The lowest BCUT2D eigenvalue weighted by Crippen LogP contribution is -2.37. The molecule has 78 valence electrons. The Morgan fingerprint density at radius 2 is 2.07 bits per heavy atom. The predicted molar refractivity (Wildman–Crippen MR) is 52.7 cm³/mol. The molecule has 0 spiro atoms. The normalized spacial score (nSPS) is 32.4. The second-order valence-corrected chi connectivity index (χ2v) is 4.69. The molecular weight excluding hydrogens is 178 g/mol. The number of carbonyl (C=O) groups excluding carboxylic acids is 2. The molecule has 1 heterocycles.